The number of rotatable bonds is 3. The molecule has 2 aromatic rings. The number of anilines is 1. The fraction of sp³-hybridized carbons (Fsp3) is 0.0667. The van der Waals surface area contributed by atoms with Crippen LogP contribution >= 0.6 is 0 Å². The van der Waals surface area contributed by atoms with Crippen molar-refractivity contribution in [1.82, 2.24) is 4.98 Å². The second-order valence-electron chi connectivity index (χ2n) is 4.00. The molecule has 0 radical (unpaired) electrons. The minimum absolute atomic E-state index is 0.147. The van der Waals surface area contributed by atoms with Gasteiger partial charge in [0.15, 0.2) is 0 Å². The molecule has 3 heteroatoms. The summed E-state index contributed by atoms with van der Waals surface area (Å²) in [5.74, 6) is -0.147. The van der Waals surface area contributed by atoms with Crippen LogP contribution in [0.25, 0.3) is 5.57 Å². The van der Waals surface area contributed by atoms with Crippen molar-refractivity contribution >= 4 is 17.2 Å². The van der Waals surface area contributed by atoms with E-state index in [2.05, 4.69) is 16.9 Å². The number of nitrogens with one attached hydrogen (secondary N) is 1. The van der Waals surface area contributed by atoms with Crippen LogP contribution in [0, 0.1) is 0 Å². The Hall–Kier alpha value is -2.42. The highest BCUT2D eigenvalue weighted by atomic mass is 16.1. The smallest absolute Gasteiger partial charge is 0.255 e. The fourth-order valence-corrected chi connectivity index (χ4v) is 1.63. The summed E-state index contributed by atoms with van der Waals surface area (Å²) in [6, 6.07) is 12.7. The highest BCUT2D eigenvalue weighted by molar-refractivity contribution is 6.05. The molecule has 1 heterocycles. The molecule has 1 aromatic heterocycles. The SMILES string of the molecule is C=C(C)c1ncccc1NC(=O)c1ccccc1. The van der Waals surface area contributed by atoms with Gasteiger partial charge < -0.3 is 5.32 Å². The van der Waals surface area contributed by atoms with Crippen molar-refractivity contribution in [2.75, 3.05) is 5.32 Å². The van der Waals surface area contributed by atoms with Gasteiger partial charge in [0, 0.05) is 11.8 Å². The molecule has 0 aliphatic carbocycles. The summed E-state index contributed by atoms with van der Waals surface area (Å²) in [6.07, 6.45) is 1.68. The van der Waals surface area contributed by atoms with E-state index in [9.17, 15) is 4.79 Å². The molecule has 0 aliphatic rings. The molecule has 1 amide bonds. The second kappa shape index (κ2) is 5.27. The molecule has 0 aliphatic heterocycles. The topological polar surface area (TPSA) is 42.0 Å². The van der Waals surface area contributed by atoms with Crippen molar-refractivity contribution in [1.29, 1.82) is 0 Å². The van der Waals surface area contributed by atoms with E-state index < -0.39 is 0 Å². The van der Waals surface area contributed by atoms with Crippen molar-refractivity contribution in [3.05, 3.63) is 66.5 Å². The molecule has 0 atom stereocenters. The van der Waals surface area contributed by atoms with Crippen molar-refractivity contribution in [3.8, 4) is 0 Å². The quantitative estimate of drug-likeness (QED) is 0.890. The van der Waals surface area contributed by atoms with Crippen molar-refractivity contribution in [2.24, 2.45) is 0 Å². The van der Waals surface area contributed by atoms with Gasteiger partial charge in [0.05, 0.1) is 11.4 Å². The third-order valence-corrected chi connectivity index (χ3v) is 2.50. The molecular weight excluding hydrogens is 224 g/mol. The summed E-state index contributed by atoms with van der Waals surface area (Å²) >= 11 is 0. The Labute approximate surface area is 106 Å². The van der Waals surface area contributed by atoms with Crippen LogP contribution in [0.15, 0.2) is 55.2 Å². The standard InChI is InChI=1S/C15H14N2O/c1-11(2)14-13(9-6-10-16-14)17-15(18)12-7-4-3-5-8-12/h3-10H,1H2,2H3,(H,17,18). The lowest BCUT2D eigenvalue weighted by Gasteiger charge is -2.09. The Morgan fingerprint density at radius 1 is 1.17 bits per heavy atom. The molecule has 1 aromatic carbocycles. The summed E-state index contributed by atoms with van der Waals surface area (Å²) in [5, 5.41) is 2.85. The van der Waals surface area contributed by atoms with E-state index in [4.69, 9.17) is 0 Å². The summed E-state index contributed by atoms with van der Waals surface area (Å²) in [6.45, 7) is 5.71. The van der Waals surface area contributed by atoms with Crippen LogP contribution in [-0.4, -0.2) is 10.9 Å². The first-order valence-electron chi connectivity index (χ1n) is 5.66. The minimum atomic E-state index is -0.147. The molecule has 0 saturated heterocycles. The van der Waals surface area contributed by atoms with Crippen molar-refractivity contribution < 1.29 is 4.79 Å². The maximum Gasteiger partial charge on any atom is 0.255 e. The fourth-order valence-electron chi connectivity index (χ4n) is 1.63. The van der Waals surface area contributed by atoms with Gasteiger partial charge in [0.1, 0.15) is 0 Å². The lowest BCUT2D eigenvalue weighted by atomic mass is 10.1. The molecule has 90 valence electrons. The number of hydrogen-bond donors (Lipinski definition) is 1. The molecule has 18 heavy (non-hydrogen) atoms. The first-order chi connectivity index (χ1) is 8.68. The Kier molecular flexibility index (Phi) is 3.53. The summed E-state index contributed by atoms with van der Waals surface area (Å²) in [7, 11) is 0. The van der Waals surface area contributed by atoms with Gasteiger partial charge in [-0.25, -0.2) is 0 Å². The van der Waals surface area contributed by atoms with Gasteiger partial charge >= 0.3 is 0 Å². The Bertz CT molecular complexity index is 576. The predicted octanol–water partition coefficient (Wildman–Crippen LogP) is 3.37. The number of aromatic nitrogens is 1. The molecule has 0 saturated carbocycles. The number of hydrogen-bond acceptors (Lipinski definition) is 2. The average Bonchev–Trinajstić information content (AvgIpc) is 2.40. The summed E-state index contributed by atoms with van der Waals surface area (Å²) in [4.78, 5) is 16.2. The molecule has 2 rings (SSSR count). The molecular formula is C15H14N2O. The van der Waals surface area contributed by atoms with Crippen molar-refractivity contribution in [3.63, 3.8) is 0 Å². The van der Waals surface area contributed by atoms with Crippen LogP contribution in [0.3, 0.4) is 0 Å². The normalized spacial score (nSPS) is 9.83. The van der Waals surface area contributed by atoms with Crippen LogP contribution in [-0.2, 0) is 0 Å². The largest absolute Gasteiger partial charge is 0.320 e. The molecule has 0 spiro atoms. The molecule has 0 unspecified atom stereocenters. The average molecular weight is 238 g/mol. The third kappa shape index (κ3) is 2.63. The lowest BCUT2D eigenvalue weighted by Crippen LogP contribution is -2.13. The Morgan fingerprint density at radius 2 is 1.89 bits per heavy atom. The Morgan fingerprint density at radius 3 is 2.56 bits per heavy atom. The number of nitrogens with zero attached hydrogens (tertiary/aromatic N) is 1. The molecule has 0 bridgehead atoms. The minimum Gasteiger partial charge on any atom is -0.320 e. The van der Waals surface area contributed by atoms with E-state index in [1.54, 1.807) is 24.4 Å². The number of benzene rings is 1. The van der Waals surface area contributed by atoms with E-state index >= 15 is 0 Å². The zero-order chi connectivity index (χ0) is 13.0. The first kappa shape index (κ1) is 12.0. The maximum absolute atomic E-state index is 12.0. The number of allylic oxidation sites excluding steroid dienone is 1. The number of amides is 1. The zero-order valence-electron chi connectivity index (χ0n) is 10.2. The number of carbonyl (C=O) groups excluding carboxylic acids is 1. The lowest BCUT2D eigenvalue weighted by molar-refractivity contribution is 0.102. The second-order valence-corrected chi connectivity index (χ2v) is 4.00. The van der Waals surface area contributed by atoms with E-state index in [0.29, 0.717) is 16.9 Å². The van der Waals surface area contributed by atoms with Crippen LogP contribution in [0.5, 0.6) is 0 Å². The molecule has 1 N–H and O–H groups in total. The van der Waals surface area contributed by atoms with E-state index in [-0.39, 0.29) is 5.91 Å². The van der Waals surface area contributed by atoms with E-state index in [0.717, 1.165) is 5.57 Å². The Balaban J connectivity index is 2.25. The van der Waals surface area contributed by atoms with Gasteiger partial charge in [-0.1, -0.05) is 24.8 Å². The summed E-state index contributed by atoms with van der Waals surface area (Å²) < 4.78 is 0. The van der Waals surface area contributed by atoms with Gasteiger partial charge in [-0.05, 0) is 36.8 Å². The van der Waals surface area contributed by atoms with Gasteiger partial charge in [0.25, 0.3) is 5.91 Å². The van der Waals surface area contributed by atoms with Gasteiger partial charge in [0.2, 0.25) is 0 Å². The van der Waals surface area contributed by atoms with Crippen molar-refractivity contribution in [2.45, 2.75) is 6.92 Å². The highest BCUT2D eigenvalue weighted by Gasteiger charge is 2.09. The maximum atomic E-state index is 12.0. The molecule has 3 nitrogen and oxygen atoms in total. The number of pyridine rings is 1. The van der Waals surface area contributed by atoms with Crippen LogP contribution in [0.2, 0.25) is 0 Å². The first-order valence-corrected chi connectivity index (χ1v) is 5.66. The number of carbonyl (C=O) groups is 1. The van der Waals surface area contributed by atoms with Gasteiger partial charge in [-0.15, -0.1) is 0 Å². The van der Waals surface area contributed by atoms with Crippen LogP contribution in [0.4, 0.5) is 5.69 Å². The monoisotopic (exact) mass is 238 g/mol. The van der Waals surface area contributed by atoms with Crippen LogP contribution < -0.4 is 5.32 Å². The predicted molar refractivity (Wildman–Crippen MR) is 73.3 cm³/mol. The zero-order valence-corrected chi connectivity index (χ0v) is 10.2. The van der Waals surface area contributed by atoms with Gasteiger partial charge in [-0.2, -0.15) is 0 Å². The van der Waals surface area contributed by atoms with E-state index in [1.165, 1.54) is 0 Å². The van der Waals surface area contributed by atoms with Crippen LogP contribution in [0.1, 0.15) is 23.0 Å². The summed E-state index contributed by atoms with van der Waals surface area (Å²) in [5.41, 5.74) is 2.83. The third-order valence-electron chi connectivity index (χ3n) is 2.50. The van der Waals surface area contributed by atoms with E-state index in [1.807, 2.05) is 31.2 Å². The molecule has 0 fully saturated rings. The highest BCUT2D eigenvalue weighted by Crippen LogP contribution is 2.19. The van der Waals surface area contributed by atoms with Gasteiger partial charge in [-0.3, -0.25) is 9.78 Å².